The zero-order valence-electron chi connectivity index (χ0n) is 11.2. The van der Waals surface area contributed by atoms with E-state index in [-0.39, 0.29) is 30.1 Å². The van der Waals surface area contributed by atoms with Gasteiger partial charge < -0.3 is 0 Å². The van der Waals surface area contributed by atoms with E-state index in [2.05, 4.69) is 0 Å². The van der Waals surface area contributed by atoms with Crippen molar-refractivity contribution in [2.45, 2.75) is 39.2 Å². The third-order valence-corrected chi connectivity index (χ3v) is 3.34. The number of hydrogen-bond acceptors (Lipinski definition) is 3. The summed E-state index contributed by atoms with van der Waals surface area (Å²) in [7, 11) is 0. The highest BCUT2D eigenvalue weighted by Gasteiger charge is 2.39. The first-order valence-electron chi connectivity index (χ1n) is 6.52. The van der Waals surface area contributed by atoms with Crippen molar-refractivity contribution < 1.29 is 14.4 Å². The molecule has 1 aromatic carbocycles. The predicted molar refractivity (Wildman–Crippen MR) is 70.9 cm³/mol. The van der Waals surface area contributed by atoms with Crippen LogP contribution in [0.25, 0.3) is 0 Å². The molecular formula is C15H17NO3. The van der Waals surface area contributed by atoms with Gasteiger partial charge in [-0.15, -0.1) is 0 Å². The highest BCUT2D eigenvalue weighted by Crippen LogP contribution is 2.27. The molecule has 2 rings (SSSR count). The minimum Gasteiger partial charge on any atom is -0.300 e. The van der Waals surface area contributed by atoms with E-state index in [1.165, 1.54) is 11.8 Å². The van der Waals surface area contributed by atoms with Crippen LogP contribution in [-0.2, 0) is 4.79 Å². The monoisotopic (exact) mass is 259 g/mol. The van der Waals surface area contributed by atoms with Crippen molar-refractivity contribution in [1.82, 2.24) is 4.90 Å². The van der Waals surface area contributed by atoms with Gasteiger partial charge in [-0.05, 0) is 25.5 Å². The molecule has 4 nitrogen and oxygen atoms in total. The Morgan fingerprint density at radius 3 is 2.11 bits per heavy atom. The number of ketones is 1. The highest BCUT2D eigenvalue weighted by atomic mass is 16.2. The third kappa shape index (κ3) is 2.43. The smallest absolute Gasteiger partial charge is 0.261 e. The predicted octanol–water partition coefficient (Wildman–Crippen LogP) is 2.43. The quantitative estimate of drug-likeness (QED) is 0.763. The minimum absolute atomic E-state index is 0.00462. The Hall–Kier alpha value is -1.97. The summed E-state index contributed by atoms with van der Waals surface area (Å²) in [6, 6.07) is 6.48. The summed E-state index contributed by atoms with van der Waals surface area (Å²) in [5.74, 6) is -0.560. The van der Waals surface area contributed by atoms with Crippen molar-refractivity contribution in [2.24, 2.45) is 0 Å². The second-order valence-corrected chi connectivity index (χ2v) is 4.87. The van der Waals surface area contributed by atoms with Gasteiger partial charge in [-0.25, -0.2) is 0 Å². The van der Waals surface area contributed by atoms with Crippen LogP contribution in [0.2, 0.25) is 0 Å². The molecule has 0 N–H and O–H groups in total. The molecule has 0 saturated carbocycles. The number of imide groups is 1. The second kappa shape index (κ2) is 5.34. The van der Waals surface area contributed by atoms with E-state index >= 15 is 0 Å². The van der Waals surface area contributed by atoms with Crippen molar-refractivity contribution in [2.75, 3.05) is 0 Å². The molecule has 4 heteroatoms. The van der Waals surface area contributed by atoms with E-state index in [4.69, 9.17) is 0 Å². The van der Waals surface area contributed by atoms with E-state index in [9.17, 15) is 14.4 Å². The van der Waals surface area contributed by atoms with Crippen LogP contribution < -0.4 is 0 Å². The minimum atomic E-state index is -0.324. The van der Waals surface area contributed by atoms with Gasteiger partial charge in [0.1, 0.15) is 5.78 Å². The Morgan fingerprint density at radius 1 is 1.16 bits per heavy atom. The molecule has 1 heterocycles. The van der Waals surface area contributed by atoms with Gasteiger partial charge >= 0.3 is 0 Å². The van der Waals surface area contributed by atoms with Crippen LogP contribution in [0.3, 0.4) is 0 Å². The molecule has 0 bridgehead atoms. The van der Waals surface area contributed by atoms with Crippen LogP contribution in [-0.4, -0.2) is 28.5 Å². The lowest BCUT2D eigenvalue weighted by Gasteiger charge is -2.25. The molecule has 1 aliphatic rings. The summed E-state index contributed by atoms with van der Waals surface area (Å²) in [4.78, 5) is 37.2. The summed E-state index contributed by atoms with van der Waals surface area (Å²) >= 11 is 0. The summed E-state index contributed by atoms with van der Waals surface area (Å²) in [6.45, 7) is 3.46. The molecule has 19 heavy (non-hydrogen) atoms. The zero-order chi connectivity index (χ0) is 14.0. The highest BCUT2D eigenvalue weighted by molar-refractivity contribution is 6.21. The maximum absolute atomic E-state index is 12.3. The summed E-state index contributed by atoms with van der Waals surface area (Å²) in [5.41, 5.74) is 0.884. The van der Waals surface area contributed by atoms with Crippen LogP contribution in [0.1, 0.15) is 53.8 Å². The Labute approximate surface area is 112 Å². The van der Waals surface area contributed by atoms with Crippen molar-refractivity contribution >= 4 is 17.6 Å². The van der Waals surface area contributed by atoms with Crippen LogP contribution in [0.5, 0.6) is 0 Å². The summed E-state index contributed by atoms with van der Waals surface area (Å²) in [5, 5.41) is 0. The fourth-order valence-corrected chi connectivity index (χ4v) is 2.53. The Kier molecular flexibility index (Phi) is 3.79. The molecule has 0 saturated heterocycles. The molecule has 0 aliphatic carbocycles. The number of nitrogens with zero attached hydrogens (tertiary/aromatic N) is 1. The van der Waals surface area contributed by atoms with Gasteiger partial charge in [0.15, 0.2) is 0 Å². The average molecular weight is 259 g/mol. The fraction of sp³-hybridized carbons (Fsp3) is 0.400. The van der Waals surface area contributed by atoms with Crippen LogP contribution in [0.4, 0.5) is 0 Å². The molecule has 0 fully saturated rings. The first-order chi connectivity index (χ1) is 9.06. The normalized spacial score (nSPS) is 15.6. The lowest BCUT2D eigenvalue weighted by molar-refractivity contribution is -0.117. The van der Waals surface area contributed by atoms with Gasteiger partial charge in [0, 0.05) is 12.5 Å². The Morgan fingerprint density at radius 2 is 1.68 bits per heavy atom. The number of fused-ring (bicyclic) bond motifs is 1. The number of Topliss-reactive ketones (excluding diaryl/α,β-unsaturated/α-hetero) is 1. The average Bonchev–Trinajstić information content (AvgIpc) is 2.62. The maximum Gasteiger partial charge on any atom is 0.261 e. The number of carbonyl (C=O) groups excluding carboxylic acids is 3. The first-order valence-corrected chi connectivity index (χ1v) is 6.52. The summed E-state index contributed by atoms with van der Waals surface area (Å²) < 4.78 is 0. The molecule has 1 aliphatic heterocycles. The van der Waals surface area contributed by atoms with E-state index < -0.39 is 0 Å². The molecule has 1 unspecified atom stereocenters. The molecule has 2 amide bonds. The molecular weight excluding hydrogens is 242 g/mol. The van der Waals surface area contributed by atoms with Crippen molar-refractivity contribution in [1.29, 1.82) is 0 Å². The molecule has 1 atom stereocenters. The first kappa shape index (κ1) is 13.5. The van der Waals surface area contributed by atoms with Gasteiger partial charge in [0.25, 0.3) is 11.8 Å². The third-order valence-electron chi connectivity index (χ3n) is 3.34. The van der Waals surface area contributed by atoms with Crippen molar-refractivity contribution in [3.05, 3.63) is 35.4 Å². The number of rotatable bonds is 5. The summed E-state index contributed by atoms with van der Waals surface area (Å²) in [6.07, 6.45) is 1.72. The molecule has 0 spiro atoms. The lowest BCUT2D eigenvalue weighted by atomic mass is 10.0. The van der Waals surface area contributed by atoms with Crippen LogP contribution in [0.15, 0.2) is 24.3 Å². The SMILES string of the molecule is CCCC(CC(C)=O)N1C(=O)c2ccccc2C1=O. The Bertz CT molecular complexity index is 501. The fourth-order valence-electron chi connectivity index (χ4n) is 2.53. The van der Waals surface area contributed by atoms with Crippen LogP contribution >= 0.6 is 0 Å². The molecule has 100 valence electrons. The van der Waals surface area contributed by atoms with Gasteiger partial charge in [-0.2, -0.15) is 0 Å². The lowest BCUT2D eigenvalue weighted by Crippen LogP contribution is -2.40. The standard InChI is InChI=1S/C15H17NO3/c1-3-6-11(9-10(2)17)16-14(18)12-7-4-5-8-13(12)15(16)19/h4-5,7-8,11H,3,6,9H2,1-2H3. The maximum atomic E-state index is 12.3. The van der Waals surface area contributed by atoms with Gasteiger partial charge in [0.2, 0.25) is 0 Å². The van der Waals surface area contributed by atoms with Crippen molar-refractivity contribution in [3.8, 4) is 0 Å². The van der Waals surface area contributed by atoms with E-state index in [0.29, 0.717) is 17.5 Å². The van der Waals surface area contributed by atoms with Crippen molar-refractivity contribution in [3.63, 3.8) is 0 Å². The second-order valence-electron chi connectivity index (χ2n) is 4.87. The number of carbonyl (C=O) groups is 3. The van der Waals surface area contributed by atoms with E-state index in [1.54, 1.807) is 24.3 Å². The van der Waals surface area contributed by atoms with E-state index in [1.807, 2.05) is 6.92 Å². The molecule has 0 aromatic heterocycles. The zero-order valence-corrected chi connectivity index (χ0v) is 11.2. The number of amides is 2. The molecule has 0 radical (unpaired) electrons. The van der Waals surface area contributed by atoms with Crippen LogP contribution in [0, 0.1) is 0 Å². The number of benzene rings is 1. The number of hydrogen-bond donors (Lipinski definition) is 0. The van der Waals surface area contributed by atoms with Gasteiger partial charge in [0.05, 0.1) is 11.1 Å². The largest absolute Gasteiger partial charge is 0.300 e. The van der Waals surface area contributed by atoms with Gasteiger partial charge in [-0.1, -0.05) is 25.5 Å². The van der Waals surface area contributed by atoms with E-state index in [0.717, 1.165) is 6.42 Å². The molecule has 1 aromatic rings. The van der Waals surface area contributed by atoms with Gasteiger partial charge in [-0.3, -0.25) is 19.3 Å². The Balaban J connectivity index is 2.33. The topological polar surface area (TPSA) is 54.5 Å².